The summed E-state index contributed by atoms with van der Waals surface area (Å²) in [5.41, 5.74) is 6.64. The number of thiol groups is 1. The number of carbonyl (C=O) groups is 2. The molecule has 0 atom stereocenters. The number of pyridine rings is 1. The van der Waals surface area contributed by atoms with Crippen molar-refractivity contribution in [2.45, 2.75) is 6.92 Å². The SMILES string of the molecule is CC(=NNC(=S)N(NC(=O)NS)c1cccc(C(=O)O)c1)c1ccccn1. The van der Waals surface area contributed by atoms with Crippen LogP contribution in [0.4, 0.5) is 10.5 Å². The number of nitrogens with one attached hydrogen (secondary N) is 3. The lowest BCUT2D eigenvalue weighted by Gasteiger charge is -2.25. The Morgan fingerprint density at radius 2 is 2.04 bits per heavy atom. The minimum absolute atomic E-state index is 0.00440. The van der Waals surface area contributed by atoms with Gasteiger partial charge < -0.3 is 5.11 Å². The summed E-state index contributed by atoms with van der Waals surface area (Å²) in [6.07, 6.45) is 1.63. The maximum Gasteiger partial charge on any atom is 0.343 e. The Kier molecular flexibility index (Phi) is 7.08. The molecule has 0 aliphatic heterocycles. The monoisotopic (exact) mass is 404 g/mol. The molecule has 1 aromatic heterocycles. The van der Waals surface area contributed by atoms with Crippen molar-refractivity contribution >= 4 is 53.5 Å². The van der Waals surface area contributed by atoms with Gasteiger partial charge in [-0.1, -0.05) is 24.9 Å². The molecule has 2 aromatic rings. The summed E-state index contributed by atoms with van der Waals surface area (Å²) < 4.78 is 2.10. The van der Waals surface area contributed by atoms with Gasteiger partial charge in [-0.2, -0.15) is 5.10 Å². The summed E-state index contributed by atoms with van der Waals surface area (Å²) in [7, 11) is 0. The molecule has 0 saturated carbocycles. The van der Waals surface area contributed by atoms with Crippen LogP contribution in [0.25, 0.3) is 0 Å². The molecule has 11 heteroatoms. The number of hydrogen-bond acceptors (Lipinski definition) is 6. The quantitative estimate of drug-likeness (QED) is 0.229. The van der Waals surface area contributed by atoms with E-state index in [1.807, 2.05) is 6.07 Å². The van der Waals surface area contributed by atoms with E-state index in [1.165, 1.54) is 23.2 Å². The molecule has 2 amide bonds. The Hall–Kier alpha value is -3.18. The predicted octanol–water partition coefficient (Wildman–Crippen LogP) is 1.94. The van der Waals surface area contributed by atoms with Gasteiger partial charge in [0.1, 0.15) is 0 Å². The number of hydrazone groups is 1. The van der Waals surface area contributed by atoms with Crippen LogP contribution in [0.3, 0.4) is 0 Å². The minimum atomic E-state index is -1.11. The highest BCUT2D eigenvalue weighted by atomic mass is 32.1. The van der Waals surface area contributed by atoms with Crippen molar-refractivity contribution in [3.8, 4) is 0 Å². The number of aromatic carboxylic acids is 1. The molecule has 4 N–H and O–H groups in total. The third-order valence-electron chi connectivity index (χ3n) is 3.22. The average Bonchev–Trinajstić information content (AvgIpc) is 2.70. The second-order valence-electron chi connectivity index (χ2n) is 5.07. The molecule has 9 nitrogen and oxygen atoms in total. The van der Waals surface area contributed by atoms with Crippen molar-refractivity contribution in [3.05, 3.63) is 59.9 Å². The maximum absolute atomic E-state index is 11.7. The predicted molar refractivity (Wildman–Crippen MR) is 109 cm³/mol. The molecule has 1 aromatic carbocycles. The number of hydrazine groups is 1. The molecule has 0 radical (unpaired) electrons. The second kappa shape index (κ2) is 9.50. The van der Waals surface area contributed by atoms with Crippen LogP contribution in [-0.2, 0) is 0 Å². The topological polar surface area (TPSA) is 119 Å². The van der Waals surface area contributed by atoms with Crippen molar-refractivity contribution in [1.29, 1.82) is 0 Å². The second-order valence-corrected chi connectivity index (χ2v) is 5.68. The van der Waals surface area contributed by atoms with Gasteiger partial charge in [-0.3, -0.25) is 15.1 Å². The molecule has 27 heavy (non-hydrogen) atoms. The molecular weight excluding hydrogens is 388 g/mol. The molecule has 2 rings (SSSR count). The van der Waals surface area contributed by atoms with Crippen molar-refractivity contribution in [3.63, 3.8) is 0 Å². The van der Waals surface area contributed by atoms with E-state index >= 15 is 0 Å². The Morgan fingerprint density at radius 1 is 1.26 bits per heavy atom. The number of amides is 2. The molecule has 140 valence electrons. The number of urea groups is 1. The Bertz CT molecular complexity index is 875. The first-order chi connectivity index (χ1) is 12.9. The van der Waals surface area contributed by atoms with Crippen LogP contribution in [0.5, 0.6) is 0 Å². The summed E-state index contributed by atoms with van der Waals surface area (Å²) in [6.45, 7) is 1.74. The van der Waals surface area contributed by atoms with Gasteiger partial charge in [-0.15, -0.1) is 0 Å². The average molecular weight is 404 g/mol. The summed E-state index contributed by atoms with van der Waals surface area (Å²) in [6, 6.07) is 10.6. The van der Waals surface area contributed by atoms with E-state index in [1.54, 1.807) is 31.3 Å². The van der Waals surface area contributed by atoms with Gasteiger partial charge in [0.15, 0.2) is 0 Å². The number of carbonyl (C=O) groups excluding carboxylic acids is 1. The van der Waals surface area contributed by atoms with Crippen molar-refractivity contribution < 1.29 is 14.7 Å². The molecule has 0 aliphatic carbocycles. The number of aromatic nitrogens is 1. The van der Waals surface area contributed by atoms with E-state index in [0.717, 1.165) is 0 Å². The minimum Gasteiger partial charge on any atom is -0.478 e. The summed E-state index contributed by atoms with van der Waals surface area (Å²) >= 11 is 8.95. The van der Waals surface area contributed by atoms with E-state index in [2.05, 4.69) is 38.5 Å². The molecule has 0 fully saturated rings. The highest BCUT2D eigenvalue weighted by Gasteiger charge is 2.16. The first-order valence-electron chi connectivity index (χ1n) is 7.52. The van der Waals surface area contributed by atoms with Crippen molar-refractivity contribution in [1.82, 2.24) is 20.6 Å². The van der Waals surface area contributed by atoms with Crippen LogP contribution in [0.1, 0.15) is 23.0 Å². The molecule has 0 bridgehead atoms. The fourth-order valence-electron chi connectivity index (χ4n) is 1.95. The first kappa shape index (κ1) is 20.1. The van der Waals surface area contributed by atoms with E-state index in [9.17, 15) is 9.59 Å². The molecule has 0 saturated heterocycles. The van der Waals surface area contributed by atoms with E-state index in [4.69, 9.17) is 17.3 Å². The van der Waals surface area contributed by atoms with Gasteiger partial charge in [0.25, 0.3) is 0 Å². The fourth-order valence-corrected chi connectivity index (χ4v) is 2.20. The number of hydrogen-bond donors (Lipinski definition) is 5. The van der Waals surface area contributed by atoms with Gasteiger partial charge in [-0.05, 0) is 49.5 Å². The lowest BCUT2D eigenvalue weighted by Crippen LogP contribution is -2.52. The highest BCUT2D eigenvalue weighted by molar-refractivity contribution is 7.80. The third kappa shape index (κ3) is 5.66. The number of carboxylic acid groups (broad SMARTS) is 1. The van der Waals surface area contributed by atoms with Crippen LogP contribution >= 0.6 is 25.0 Å². The van der Waals surface area contributed by atoms with Gasteiger partial charge in [0, 0.05) is 6.20 Å². The van der Waals surface area contributed by atoms with Gasteiger partial charge in [0.2, 0.25) is 5.11 Å². The van der Waals surface area contributed by atoms with Crippen LogP contribution in [0, 0.1) is 0 Å². The van der Waals surface area contributed by atoms with E-state index in [-0.39, 0.29) is 10.7 Å². The number of thiocarbonyl (C=S) groups is 1. The molecular formula is C16H16N6O3S2. The van der Waals surface area contributed by atoms with Gasteiger partial charge in [0.05, 0.1) is 22.7 Å². The number of rotatable bonds is 4. The molecule has 0 aliphatic rings. The Balaban J connectivity index is 2.25. The molecule has 0 spiro atoms. The van der Waals surface area contributed by atoms with E-state index < -0.39 is 12.0 Å². The normalized spacial score (nSPS) is 10.7. The smallest absolute Gasteiger partial charge is 0.343 e. The Morgan fingerprint density at radius 3 is 2.67 bits per heavy atom. The zero-order valence-corrected chi connectivity index (χ0v) is 15.8. The number of benzene rings is 1. The zero-order chi connectivity index (χ0) is 19.8. The van der Waals surface area contributed by atoms with Gasteiger partial charge >= 0.3 is 12.0 Å². The van der Waals surface area contributed by atoms with Crippen molar-refractivity contribution in [2.75, 3.05) is 5.01 Å². The third-order valence-corrected chi connectivity index (χ3v) is 3.70. The standard InChI is InChI=1S/C16H16N6O3S2/c1-10(13-7-2-3-8-17-13)18-19-16(26)22(20-15(25)21-27)12-6-4-5-11(9-12)14(23)24/h2-9,27H,1H3,(H,19,26)(H,23,24)(H2,20,21,25). The highest BCUT2D eigenvalue weighted by Crippen LogP contribution is 2.15. The fraction of sp³-hybridized carbons (Fsp3) is 0.0625. The number of nitrogens with zero attached hydrogens (tertiary/aromatic N) is 3. The van der Waals surface area contributed by atoms with Gasteiger partial charge in [-0.25, -0.2) is 20.0 Å². The number of anilines is 1. The maximum atomic E-state index is 11.7. The van der Waals surface area contributed by atoms with Crippen LogP contribution in [0.15, 0.2) is 53.8 Å². The summed E-state index contributed by atoms with van der Waals surface area (Å²) in [5.74, 6) is -1.11. The van der Waals surface area contributed by atoms with E-state index in [0.29, 0.717) is 17.1 Å². The van der Waals surface area contributed by atoms with Crippen LogP contribution in [-0.4, -0.2) is 32.9 Å². The largest absolute Gasteiger partial charge is 0.478 e. The number of carboxylic acids is 1. The summed E-state index contributed by atoms with van der Waals surface area (Å²) in [4.78, 5) is 27.0. The van der Waals surface area contributed by atoms with Crippen molar-refractivity contribution in [2.24, 2.45) is 5.10 Å². The van der Waals surface area contributed by atoms with Crippen LogP contribution in [0.2, 0.25) is 0 Å². The zero-order valence-electron chi connectivity index (χ0n) is 14.1. The molecule has 0 unspecified atom stereocenters. The first-order valence-corrected chi connectivity index (χ1v) is 8.37. The Labute approximate surface area is 166 Å². The molecule has 1 heterocycles. The lowest BCUT2D eigenvalue weighted by molar-refractivity contribution is 0.0697. The van der Waals surface area contributed by atoms with Crippen LogP contribution < -0.4 is 20.6 Å². The lowest BCUT2D eigenvalue weighted by atomic mass is 10.2. The summed E-state index contributed by atoms with van der Waals surface area (Å²) in [5, 5.41) is 14.5.